The van der Waals surface area contributed by atoms with Gasteiger partial charge >= 0.3 is 0 Å². The van der Waals surface area contributed by atoms with Crippen molar-refractivity contribution in [3.8, 4) is 21.8 Å². The minimum atomic E-state index is 0.322. The van der Waals surface area contributed by atoms with Crippen LogP contribution in [-0.2, 0) is 12.8 Å². The van der Waals surface area contributed by atoms with Crippen LogP contribution in [0.1, 0.15) is 21.7 Å². The summed E-state index contributed by atoms with van der Waals surface area (Å²) in [6.07, 6.45) is 3.65. The first-order chi connectivity index (χ1) is 13.6. The minimum Gasteiger partial charge on any atom is -0.368 e. The molecule has 28 heavy (non-hydrogen) atoms. The zero-order chi connectivity index (χ0) is 19.5. The Bertz CT molecular complexity index is 1100. The number of nitrogen functional groups attached to an aromatic ring is 1. The second-order valence-corrected chi connectivity index (χ2v) is 7.96. The summed E-state index contributed by atoms with van der Waals surface area (Å²) in [6.45, 7) is 4.23. The Hall–Kier alpha value is -3.05. The van der Waals surface area contributed by atoms with Gasteiger partial charge in [0.05, 0.1) is 5.69 Å². The van der Waals surface area contributed by atoms with Gasteiger partial charge in [0.1, 0.15) is 5.01 Å². The molecule has 4 rings (SSSR count). The molecule has 0 radical (unpaired) electrons. The van der Waals surface area contributed by atoms with Crippen LogP contribution in [0.15, 0.2) is 60.8 Å². The van der Waals surface area contributed by atoms with Gasteiger partial charge in [-0.3, -0.25) is 0 Å². The molecule has 0 saturated carbocycles. The predicted octanol–water partition coefficient (Wildman–Crippen LogP) is 5.25. The molecular formula is C23H22N4S. The van der Waals surface area contributed by atoms with Crippen molar-refractivity contribution in [3.63, 3.8) is 0 Å². The average Bonchev–Trinajstić information content (AvgIpc) is 3.18. The number of hydrogen-bond donors (Lipinski definition) is 1. The van der Waals surface area contributed by atoms with Crippen LogP contribution in [0, 0.1) is 13.8 Å². The van der Waals surface area contributed by atoms with Gasteiger partial charge in [0.15, 0.2) is 0 Å². The SMILES string of the molecule is Cc1cccc(-c2cc(CCc3cnc(-c4ccccc4)s3)nc(N)n2)c1C. The van der Waals surface area contributed by atoms with E-state index in [1.165, 1.54) is 16.0 Å². The third-order valence-corrected chi connectivity index (χ3v) is 5.99. The van der Waals surface area contributed by atoms with Crippen molar-refractivity contribution in [1.82, 2.24) is 15.0 Å². The summed E-state index contributed by atoms with van der Waals surface area (Å²) in [5, 5.41) is 1.05. The van der Waals surface area contributed by atoms with Gasteiger partial charge in [-0.2, -0.15) is 0 Å². The summed E-state index contributed by atoms with van der Waals surface area (Å²) in [4.78, 5) is 14.7. The molecule has 0 aliphatic rings. The van der Waals surface area contributed by atoms with E-state index in [0.717, 1.165) is 40.4 Å². The number of rotatable bonds is 5. The lowest BCUT2D eigenvalue weighted by Crippen LogP contribution is -2.03. The minimum absolute atomic E-state index is 0.322. The number of hydrogen-bond acceptors (Lipinski definition) is 5. The molecule has 0 aliphatic carbocycles. The van der Waals surface area contributed by atoms with Crippen molar-refractivity contribution in [2.45, 2.75) is 26.7 Å². The van der Waals surface area contributed by atoms with Gasteiger partial charge in [-0.25, -0.2) is 15.0 Å². The number of benzene rings is 2. The van der Waals surface area contributed by atoms with E-state index in [4.69, 9.17) is 5.73 Å². The molecule has 0 bridgehead atoms. The van der Waals surface area contributed by atoms with Gasteiger partial charge in [0.25, 0.3) is 0 Å². The number of nitrogens with zero attached hydrogens (tertiary/aromatic N) is 3. The molecule has 2 heterocycles. The highest BCUT2D eigenvalue weighted by molar-refractivity contribution is 7.15. The lowest BCUT2D eigenvalue weighted by Gasteiger charge is -2.10. The lowest BCUT2D eigenvalue weighted by molar-refractivity contribution is 0.917. The van der Waals surface area contributed by atoms with E-state index < -0.39 is 0 Å². The van der Waals surface area contributed by atoms with Crippen molar-refractivity contribution in [3.05, 3.63) is 82.5 Å². The number of aromatic nitrogens is 3. The molecule has 2 aromatic heterocycles. The molecule has 4 nitrogen and oxygen atoms in total. The first-order valence-corrected chi connectivity index (χ1v) is 10.1. The fourth-order valence-corrected chi connectivity index (χ4v) is 4.12. The van der Waals surface area contributed by atoms with Gasteiger partial charge in [-0.05, 0) is 43.9 Å². The second-order valence-electron chi connectivity index (χ2n) is 6.85. The van der Waals surface area contributed by atoms with Gasteiger partial charge in [0, 0.05) is 27.9 Å². The van der Waals surface area contributed by atoms with E-state index in [0.29, 0.717) is 5.95 Å². The fraction of sp³-hybridized carbons (Fsp3) is 0.174. The molecule has 140 valence electrons. The highest BCUT2D eigenvalue weighted by Crippen LogP contribution is 2.27. The molecule has 5 heteroatoms. The summed E-state index contributed by atoms with van der Waals surface area (Å²) in [6, 6.07) is 18.6. The van der Waals surface area contributed by atoms with Crippen molar-refractivity contribution in [1.29, 1.82) is 0 Å². The average molecular weight is 387 g/mol. The Kier molecular flexibility index (Phi) is 5.17. The highest BCUT2D eigenvalue weighted by atomic mass is 32.1. The standard InChI is InChI=1S/C23H22N4S/c1-15-7-6-10-20(16(15)2)21-13-18(26-23(24)27-21)11-12-19-14-25-22(28-19)17-8-4-3-5-9-17/h3-10,13-14H,11-12H2,1-2H3,(H2,24,26,27). The van der Waals surface area contributed by atoms with Gasteiger partial charge in [-0.15, -0.1) is 11.3 Å². The van der Waals surface area contributed by atoms with Crippen LogP contribution in [0.25, 0.3) is 21.8 Å². The molecule has 0 aliphatic heterocycles. The molecule has 0 amide bonds. The van der Waals surface area contributed by atoms with E-state index in [2.05, 4.69) is 65.2 Å². The summed E-state index contributed by atoms with van der Waals surface area (Å²) in [5.41, 5.74) is 12.6. The van der Waals surface area contributed by atoms with E-state index in [1.54, 1.807) is 11.3 Å². The first kappa shape index (κ1) is 18.3. The van der Waals surface area contributed by atoms with Gasteiger partial charge in [0.2, 0.25) is 5.95 Å². The number of aryl methyl sites for hydroxylation is 3. The Morgan fingerprint density at radius 3 is 2.57 bits per heavy atom. The molecular weight excluding hydrogens is 364 g/mol. The Morgan fingerprint density at radius 1 is 0.929 bits per heavy atom. The highest BCUT2D eigenvalue weighted by Gasteiger charge is 2.10. The summed E-state index contributed by atoms with van der Waals surface area (Å²) < 4.78 is 0. The number of thiazole rings is 1. The zero-order valence-electron chi connectivity index (χ0n) is 16.0. The van der Waals surface area contributed by atoms with Crippen LogP contribution in [0.4, 0.5) is 5.95 Å². The predicted molar refractivity (Wildman–Crippen MR) is 116 cm³/mol. The van der Waals surface area contributed by atoms with Gasteiger partial charge < -0.3 is 5.73 Å². The maximum absolute atomic E-state index is 6.00. The van der Waals surface area contributed by atoms with Crippen molar-refractivity contribution < 1.29 is 0 Å². The van der Waals surface area contributed by atoms with Crippen LogP contribution in [0.2, 0.25) is 0 Å². The maximum Gasteiger partial charge on any atom is 0.220 e. The van der Waals surface area contributed by atoms with Gasteiger partial charge in [-0.1, -0.05) is 48.5 Å². The number of nitrogens with two attached hydrogens (primary N) is 1. The monoisotopic (exact) mass is 386 g/mol. The Morgan fingerprint density at radius 2 is 1.75 bits per heavy atom. The largest absolute Gasteiger partial charge is 0.368 e. The first-order valence-electron chi connectivity index (χ1n) is 9.30. The molecule has 0 unspecified atom stereocenters. The van der Waals surface area contributed by atoms with E-state index in [1.807, 2.05) is 24.4 Å². The molecule has 0 fully saturated rings. The molecule has 2 aromatic carbocycles. The van der Waals surface area contributed by atoms with Crippen LogP contribution >= 0.6 is 11.3 Å². The van der Waals surface area contributed by atoms with Crippen LogP contribution in [0.5, 0.6) is 0 Å². The summed E-state index contributed by atoms with van der Waals surface area (Å²) in [5.74, 6) is 0.322. The summed E-state index contributed by atoms with van der Waals surface area (Å²) in [7, 11) is 0. The molecule has 0 saturated heterocycles. The number of anilines is 1. The van der Waals surface area contributed by atoms with Crippen molar-refractivity contribution in [2.24, 2.45) is 0 Å². The van der Waals surface area contributed by atoms with Crippen LogP contribution in [-0.4, -0.2) is 15.0 Å². The third-order valence-electron chi connectivity index (χ3n) is 4.88. The van der Waals surface area contributed by atoms with Crippen LogP contribution in [0.3, 0.4) is 0 Å². The molecule has 0 atom stereocenters. The normalized spacial score (nSPS) is 10.9. The van der Waals surface area contributed by atoms with Crippen molar-refractivity contribution in [2.75, 3.05) is 5.73 Å². The molecule has 4 aromatic rings. The zero-order valence-corrected chi connectivity index (χ0v) is 16.8. The lowest BCUT2D eigenvalue weighted by atomic mass is 10.00. The van der Waals surface area contributed by atoms with Crippen LogP contribution < -0.4 is 5.73 Å². The van der Waals surface area contributed by atoms with Crippen molar-refractivity contribution >= 4 is 17.3 Å². The molecule has 0 spiro atoms. The third kappa shape index (κ3) is 3.94. The topological polar surface area (TPSA) is 64.7 Å². The van der Waals surface area contributed by atoms with E-state index in [-0.39, 0.29) is 0 Å². The van der Waals surface area contributed by atoms with E-state index >= 15 is 0 Å². The second kappa shape index (κ2) is 7.90. The Balaban J connectivity index is 1.54. The van der Waals surface area contributed by atoms with E-state index in [9.17, 15) is 0 Å². The quantitative estimate of drug-likeness (QED) is 0.509. The summed E-state index contributed by atoms with van der Waals surface area (Å²) >= 11 is 1.73. The fourth-order valence-electron chi connectivity index (χ4n) is 3.20. The molecule has 2 N–H and O–H groups in total. The smallest absolute Gasteiger partial charge is 0.220 e. The maximum atomic E-state index is 6.00. The Labute approximate surface area is 169 Å².